The molecule has 1 saturated carbocycles. The van der Waals surface area contributed by atoms with Crippen molar-refractivity contribution in [2.45, 2.75) is 31.8 Å². The quantitative estimate of drug-likeness (QED) is 0.724. The fourth-order valence-corrected chi connectivity index (χ4v) is 2.92. The van der Waals surface area contributed by atoms with Crippen LogP contribution in [0.5, 0.6) is 0 Å². The maximum absolute atomic E-state index is 12.1. The SMILES string of the molecule is CC(CN1CCOCC1)NC(=O)/C=C/c1ccc(C(=O)NC2CC2)cc1. The minimum atomic E-state index is -0.110. The van der Waals surface area contributed by atoms with E-state index in [1.165, 1.54) is 6.08 Å². The summed E-state index contributed by atoms with van der Waals surface area (Å²) in [5.74, 6) is -0.140. The summed E-state index contributed by atoms with van der Waals surface area (Å²) in [5, 5.41) is 5.95. The lowest BCUT2D eigenvalue weighted by atomic mass is 10.1. The molecule has 0 bridgehead atoms. The number of carbonyl (C=O) groups is 2. The van der Waals surface area contributed by atoms with Gasteiger partial charge < -0.3 is 15.4 Å². The van der Waals surface area contributed by atoms with E-state index in [-0.39, 0.29) is 17.9 Å². The van der Waals surface area contributed by atoms with Crippen molar-refractivity contribution in [3.8, 4) is 0 Å². The Labute approximate surface area is 154 Å². The summed E-state index contributed by atoms with van der Waals surface area (Å²) in [6.45, 7) is 6.18. The Morgan fingerprint density at radius 3 is 2.58 bits per heavy atom. The van der Waals surface area contributed by atoms with Crippen molar-refractivity contribution in [2.75, 3.05) is 32.8 Å². The highest BCUT2D eigenvalue weighted by Gasteiger charge is 2.23. The predicted molar refractivity (Wildman–Crippen MR) is 101 cm³/mol. The van der Waals surface area contributed by atoms with Gasteiger partial charge in [0.25, 0.3) is 5.91 Å². The van der Waals surface area contributed by atoms with Crippen LogP contribution in [0.4, 0.5) is 0 Å². The van der Waals surface area contributed by atoms with Gasteiger partial charge in [-0.3, -0.25) is 14.5 Å². The highest BCUT2D eigenvalue weighted by atomic mass is 16.5. The molecule has 6 heteroatoms. The van der Waals surface area contributed by atoms with Crippen LogP contribution in [0.15, 0.2) is 30.3 Å². The van der Waals surface area contributed by atoms with Gasteiger partial charge in [-0.25, -0.2) is 0 Å². The van der Waals surface area contributed by atoms with Crippen molar-refractivity contribution in [1.82, 2.24) is 15.5 Å². The fraction of sp³-hybridized carbons (Fsp3) is 0.500. The standard InChI is InChI=1S/C20H27N3O3/c1-15(14-23-10-12-26-13-11-23)21-19(24)9-4-16-2-5-17(6-3-16)20(25)22-18-7-8-18/h2-6,9,15,18H,7-8,10-14H2,1H3,(H,21,24)(H,22,25)/b9-4+. The second-order valence-electron chi connectivity index (χ2n) is 7.03. The molecule has 1 aliphatic carbocycles. The van der Waals surface area contributed by atoms with Gasteiger partial charge in [-0.15, -0.1) is 0 Å². The van der Waals surface area contributed by atoms with Gasteiger partial charge in [-0.2, -0.15) is 0 Å². The lowest BCUT2D eigenvalue weighted by Crippen LogP contribution is -2.45. The van der Waals surface area contributed by atoms with Crippen molar-refractivity contribution >= 4 is 17.9 Å². The summed E-state index contributed by atoms with van der Waals surface area (Å²) in [5.41, 5.74) is 1.54. The van der Waals surface area contributed by atoms with Crippen LogP contribution < -0.4 is 10.6 Å². The number of nitrogens with one attached hydrogen (secondary N) is 2. The highest BCUT2D eigenvalue weighted by molar-refractivity contribution is 5.95. The van der Waals surface area contributed by atoms with Gasteiger partial charge in [0.15, 0.2) is 0 Å². The van der Waals surface area contributed by atoms with Crippen LogP contribution in [0, 0.1) is 0 Å². The Kier molecular flexibility index (Phi) is 6.41. The summed E-state index contributed by atoms with van der Waals surface area (Å²) in [4.78, 5) is 26.3. The van der Waals surface area contributed by atoms with Gasteiger partial charge in [0.1, 0.15) is 0 Å². The summed E-state index contributed by atoms with van der Waals surface area (Å²) >= 11 is 0. The second-order valence-corrected chi connectivity index (χ2v) is 7.03. The van der Waals surface area contributed by atoms with Gasteiger partial charge in [0.05, 0.1) is 13.2 Å². The molecule has 0 radical (unpaired) electrons. The number of hydrogen-bond donors (Lipinski definition) is 2. The van der Waals surface area contributed by atoms with E-state index in [1.807, 2.05) is 19.1 Å². The molecule has 2 amide bonds. The Morgan fingerprint density at radius 1 is 1.23 bits per heavy atom. The van der Waals surface area contributed by atoms with E-state index in [0.717, 1.165) is 51.3 Å². The summed E-state index contributed by atoms with van der Waals surface area (Å²) < 4.78 is 5.33. The summed E-state index contributed by atoms with van der Waals surface area (Å²) in [7, 11) is 0. The van der Waals surface area contributed by atoms with E-state index < -0.39 is 0 Å². The first-order valence-electron chi connectivity index (χ1n) is 9.30. The van der Waals surface area contributed by atoms with Crippen molar-refractivity contribution in [2.24, 2.45) is 0 Å². The van der Waals surface area contributed by atoms with Crippen LogP contribution in [0.3, 0.4) is 0 Å². The van der Waals surface area contributed by atoms with Crippen LogP contribution in [0.1, 0.15) is 35.7 Å². The average molecular weight is 357 g/mol. The third-order valence-electron chi connectivity index (χ3n) is 4.54. The lowest BCUT2D eigenvalue weighted by molar-refractivity contribution is -0.117. The summed E-state index contributed by atoms with van der Waals surface area (Å²) in [6.07, 6.45) is 5.45. The van der Waals surface area contributed by atoms with Crippen molar-refractivity contribution in [3.63, 3.8) is 0 Å². The number of rotatable bonds is 7. The number of morpholine rings is 1. The van der Waals surface area contributed by atoms with E-state index in [2.05, 4.69) is 15.5 Å². The van der Waals surface area contributed by atoms with Crippen LogP contribution in [-0.2, 0) is 9.53 Å². The number of nitrogens with zero attached hydrogens (tertiary/aromatic N) is 1. The molecule has 1 saturated heterocycles. The Balaban J connectivity index is 1.44. The van der Waals surface area contributed by atoms with E-state index in [4.69, 9.17) is 4.74 Å². The number of ether oxygens (including phenoxy) is 1. The molecule has 6 nitrogen and oxygen atoms in total. The van der Waals surface area contributed by atoms with Crippen LogP contribution in [0.2, 0.25) is 0 Å². The molecule has 3 rings (SSSR count). The number of hydrogen-bond acceptors (Lipinski definition) is 4. The third kappa shape index (κ3) is 5.97. The zero-order valence-corrected chi connectivity index (χ0v) is 15.2. The predicted octanol–water partition coefficient (Wildman–Crippen LogP) is 1.43. The normalized spacial score (nSPS) is 19.3. The zero-order chi connectivity index (χ0) is 18.4. The molecule has 2 fully saturated rings. The number of amides is 2. The topological polar surface area (TPSA) is 70.7 Å². The lowest BCUT2D eigenvalue weighted by Gasteiger charge is -2.29. The molecule has 2 aliphatic rings. The maximum Gasteiger partial charge on any atom is 0.251 e. The van der Waals surface area contributed by atoms with Crippen molar-refractivity contribution in [1.29, 1.82) is 0 Å². The maximum atomic E-state index is 12.1. The zero-order valence-electron chi connectivity index (χ0n) is 15.2. The molecular weight excluding hydrogens is 330 g/mol. The van der Waals surface area contributed by atoms with Crippen molar-refractivity contribution < 1.29 is 14.3 Å². The largest absolute Gasteiger partial charge is 0.379 e. The van der Waals surface area contributed by atoms with Gasteiger partial charge in [0, 0.05) is 43.4 Å². The number of benzene rings is 1. The first-order valence-corrected chi connectivity index (χ1v) is 9.30. The van der Waals surface area contributed by atoms with Crippen LogP contribution in [0.25, 0.3) is 6.08 Å². The van der Waals surface area contributed by atoms with E-state index in [0.29, 0.717) is 11.6 Å². The van der Waals surface area contributed by atoms with Crippen molar-refractivity contribution in [3.05, 3.63) is 41.5 Å². The smallest absolute Gasteiger partial charge is 0.251 e. The monoisotopic (exact) mass is 357 g/mol. The summed E-state index contributed by atoms with van der Waals surface area (Å²) in [6, 6.07) is 7.71. The molecule has 0 spiro atoms. The first-order chi connectivity index (χ1) is 12.6. The molecule has 1 aromatic rings. The molecule has 2 N–H and O–H groups in total. The van der Waals surface area contributed by atoms with E-state index >= 15 is 0 Å². The molecule has 1 atom stereocenters. The van der Waals surface area contributed by atoms with Crippen LogP contribution in [-0.4, -0.2) is 61.6 Å². The Bertz CT molecular complexity index is 647. The third-order valence-corrected chi connectivity index (χ3v) is 4.54. The number of carbonyl (C=O) groups excluding carboxylic acids is 2. The molecule has 26 heavy (non-hydrogen) atoms. The molecule has 1 aliphatic heterocycles. The van der Waals surface area contributed by atoms with Gasteiger partial charge in [-0.1, -0.05) is 12.1 Å². The Hall–Kier alpha value is -2.18. The molecular formula is C20H27N3O3. The van der Waals surface area contributed by atoms with E-state index in [9.17, 15) is 9.59 Å². The second kappa shape index (κ2) is 8.96. The first kappa shape index (κ1) is 18.6. The minimum absolute atomic E-state index is 0.0299. The molecule has 1 heterocycles. The molecule has 1 unspecified atom stereocenters. The molecule has 140 valence electrons. The Morgan fingerprint density at radius 2 is 1.92 bits per heavy atom. The van der Waals surface area contributed by atoms with Crippen LogP contribution >= 0.6 is 0 Å². The highest BCUT2D eigenvalue weighted by Crippen LogP contribution is 2.19. The van der Waals surface area contributed by atoms with Gasteiger partial charge in [0.2, 0.25) is 5.91 Å². The van der Waals surface area contributed by atoms with E-state index in [1.54, 1.807) is 18.2 Å². The van der Waals surface area contributed by atoms with Gasteiger partial charge >= 0.3 is 0 Å². The molecule has 1 aromatic carbocycles. The average Bonchev–Trinajstić information content (AvgIpc) is 3.45. The minimum Gasteiger partial charge on any atom is -0.379 e. The molecule has 0 aromatic heterocycles. The van der Waals surface area contributed by atoms with Gasteiger partial charge in [-0.05, 0) is 43.5 Å². The fourth-order valence-electron chi connectivity index (χ4n) is 2.92.